The molecule has 0 aromatic heterocycles. The summed E-state index contributed by atoms with van der Waals surface area (Å²) in [7, 11) is 0. The van der Waals surface area contributed by atoms with Crippen LogP contribution in [0.2, 0.25) is 0 Å². The summed E-state index contributed by atoms with van der Waals surface area (Å²) in [5, 5.41) is 4.83. The highest BCUT2D eigenvalue weighted by Gasteiger charge is 2.27. The average molecular weight is 394 g/mol. The molecule has 134 valence electrons. The lowest BCUT2D eigenvalue weighted by Crippen LogP contribution is -2.43. The Balaban J connectivity index is 2.25. The van der Waals surface area contributed by atoms with Gasteiger partial charge in [-0.05, 0) is 6.42 Å². The van der Waals surface area contributed by atoms with Gasteiger partial charge < -0.3 is 15.4 Å². The molecule has 1 rings (SSSR count). The average Bonchev–Trinajstić information content (AvgIpc) is 2.89. The molecule has 1 heterocycles. The number of hydrogen-bond acceptors (Lipinski definition) is 9. The maximum atomic E-state index is 11.7. The smallest absolute Gasteiger partial charge is 0.337 e. The van der Waals surface area contributed by atoms with E-state index in [1.165, 1.54) is 18.7 Å². The monoisotopic (exact) mass is 394 g/mol. The number of thioether (sulfide) groups is 2. The molecule has 0 aromatic carbocycles. The second-order valence-electron chi connectivity index (χ2n) is 4.80. The van der Waals surface area contributed by atoms with Crippen molar-refractivity contribution in [3.63, 3.8) is 0 Å². The van der Waals surface area contributed by atoms with E-state index in [0.717, 1.165) is 11.8 Å². The molecule has 11 heteroatoms. The van der Waals surface area contributed by atoms with Crippen LogP contribution in [-0.4, -0.2) is 64.0 Å². The van der Waals surface area contributed by atoms with Crippen LogP contribution in [0.1, 0.15) is 13.3 Å². The van der Waals surface area contributed by atoms with Crippen LogP contribution in [0.4, 0.5) is 0 Å². The van der Waals surface area contributed by atoms with Gasteiger partial charge in [0.15, 0.2) is 0 Å². The fourth-order valence-corrected chi connectivity index (χ4v) is 3.50. The van der Waals surface area contributed by atoms with Gasteiger partial charge in [0.1, 0.15) is 6.04 Å². The van der Waals surface area contributed by atoms with E-state index >= 15 is 0 Å². The van der Waals surface area contributed by atoms with E-state index < -0.39 is 29.9 Å². The van der Waals surface area contributed by atoms with Crippen molar-refractivity contribution in [1.29, 1.82) is 0 Å². The molecule has 1 fully saturated rings. The van der Waals surface area contributed by atoms with Gasteiger partial charge in [-0.1, -0.05) is 11.8 Å². The molecular weight excluding hydrogens is 376 g/mol. The summed E-state index contributed by atoms with van der Waals surface area (Å²) in [6.07, 6.45) is 0.602. The van der Waals surface area contributed by atoms with Crippen LogP contribution in [0.3, 0.4) is 0 Å². The highest BCUT2D eigenvalue weighted by molar-refractivity contribution is 8.14. The van der Waals surface area contributed by atoms with Gasteiger partial charge in [0, 0.05) is 18.4 Å². The Labute approximate surface area is 153 Å². The minimum absolute atomic E-state index is 0.00529. The fraction of sp³-hybridized carbons (Fsp3) is 0.615. The van der Waals surface area contributed by atoms with Crippen LogP contribution in [0.15, 0.2) is 0 Å². The van der Waals surface area contributed by atoms with E-state index in [1.807, 2.05) is 0 Å². The number of hydrogen-bond donors (Lipinski definition) is 3. The van der Waals surface area contributed by atoms with Crippen LogP contribution in [0.25, 0.3) is 0 Å². The Morgan fingerprint density at radius 1 is 1.38 bits per heavy atom. The molecule has 1 saturated heterocycles. The predicted molar refractivity (Wildman–Crippen MR) is 93.9 cm³/mol. The second kappa shape index (κ2) is 10.6. The summed E-state index contributed by atoms with van der Waals surface area (Å²) in [5.41, 5.74) is 0. The van der Waals surface area contributed by atoms with Gasteiger partial charge in [-0.2, -0.15) is 12.6 Å². The Morgan fingerprint density at radius 3 is 2.62 bits per heavy atom. The molecule has 0 saturated carbocycles. The zero-order chi connectivity index (χ0) is 18.1. The number of carbonyl (C=O) groups excluding carboxylic acids is 5. The van der Waals surface area contributed by atoms with Crippen molar-refractivity contribution in [2.75, 3.05) is 23.0 Å². The lowest BCUT2D eigenvalue weighted by molar-refractivity contribution is -0.159. The standard InChI is InChI=1S/C13H18N2O6S3/c1-7(16)14-9(4-22)12(19)21-11(18)6-23-5-10(17)15-8-2-3-24-13(8)20/h8-9,22H,2-6H2,1H3,(H,14,16)(H,15,17). The number of amides is 2. The highest BCUT2D eigenvalue weighted by Crippen LogP contribution is 2.19. The molecule has 0 spiro atoms. The van der Waals surface area contributed by atoms with Crippen LogP contribution in [-0.2, 0) is 28.7 Å². The summed E-state index contributed by atoms with van der Waals surface area (Å²) < 4.78 is 4.59. The molecule has 2 N–H and O–H groups in total. The van der Waals surface area contributed by atoms with E-state index in [0.29, 0.717) is 12.2 Å². The van der Waals surface area contributed by atoms with Gasteiger partial charge in [-0.15, -0.1) is 11.8 Å². The van der Waals surface area contributed by atoms with Gasteiger partial charge in [0.25, 0.3) is 0 Å². The summed E-state index contributed by atoms with van der Waals surface area (Å²) in [6, 6.07) is -1.47. The van der Waals surface area contributed by atoms with Crippen LogP contribution in [0.5, 0.6) is 0 Å². The number of ether oxygens (including phenoxy) is 1. The van der Waals surface area contributed by atoms with Gasteiger partial charge in [-0.3, -0.25) is 19.2 Å². The Bertz CT molecular complexity index is 528. The normalized spacial score (nSPS) is 17.9. The first-order valence-electron chi connectivity index (χ1n) is 6.99. The van der Waals surface area contributed by atoms with Crippen LogP contribution >= 0.6 is 36.2 Å². The molecule has 0 bridgehead atoms. The van der Waals surface area contributed by atoms with E-state index in [9.17, 15) is 24.0 Å². The molecular formula is C13H18N2O6S3. The zero-order valence-corrected chi connectivity index (χ0v) is 15.4. The minimum atomic E-state index is -1.01. The largest absolute Gasteiger partial charge is 0.391 e. The third kappa shape index (κ3) is 7.58. The van der Waals surface area contributed by atoms with E-state index in [4.69, 9.17) is 0 Å². The molecule has 0 radical (unpaired) electrons. The van der Waals surface area contributed by atoms with Crippen LogP contribution < -0.4 is 10.6 Å². The molecule has 2 unspecified atom stereocenters. The third-order valence-corrected chi connectivity index (χ3v) is 5.06. The van der Waals surface area contributed by atoms with E-state index in [1.54, 1.807) is 0 Å². The molecule has 0 aromatic rings. The lowest BCUT2D eigenvalue weighted by Gasteiger charge is -2.13. The van der Waals surface area contributed by atoms with Gasteiger partial charge >= 0.3 is 11.9 Å². The molecule has 2 amide bonds. The van der Waals surface area contributed by atoms with Gasteiger partial charge in [0.05, 0.1) is 17.5 Å². The first-order valence-corrected chi connectivity index (χ1v) is 9.77. The van der Waals surface area contributed by atoms with Crippen molar-refractivity contribution >= 4 is 65.0 Å². The number of carbonyl (C=O) groups is 5. The summed E-state index contributed by atoms with van der Waals surface area (Å²) in [4.78, 5) is 57.1. The van der Waals surface area contributed by atoms with Crippen LogP contribution in [0, 0.1) is 0 Å². The van der Waals surface area contributed by atoms with E-state index in [-0.39, 0.29) is 28.3 Å². The van der Waals surface area contributed by atoms with Gasteiger partial charge in [0.2, 0.25) is 16.9 Å². The van der Waals surface area contributed by atoms with Crippen molar-refractivity contribution in [1.82, 2.24) is 10.6 Å². The first-order chi connectivity index (χ1) is 11.3. The summed E-state index contributed by atoms with van der Waals surface area (Å²) in [5.74, 6) is -2.06. The molecule has 1 aliphatic heterocycles. The first kappa shape index (κ1) is 20.8. The third-order valence-electron chi connectivity index (χ3n) is 2.78. The maximum absolute atomic E-state index is 11.7. The minimum Gasteiger partial charge on any atom is -0.391 e. The molecule has 0 aliphatic carbocycles. The number of thiol groups is 1. The molecule has 1 aliphatic rings. The highest BCUT2D eigenvalue weighted by atomic mass is 32.2. The lowest BCUT2D eigenvalue weighted by atomic mass is 10.2. The van der Waals surface area contributed by atoms with Crippen molar-refractivity contribution in [3.05, 3.63) is 0 Å². The number of rotatable bonds is 8. The summed E-state index contributed by atoms with van der Waals surface area (Å²) in [6.45, 7) is 1.23. The molecule has 8 nitrogen and oxygen atoms in total. The second-order valence-corrected chi connectivity index (χ2v) is 7.25. The van der Waals surface area contributed by atoms with E-state index in [2.05, 4.69) is 28.0 Å². The Hall–Kier alpha value is -1.20. The quantitative estimate of drug-likeness (QED) is 0.283. The Kier molecular flexibility index (Phi) is 9.22. The summed E-state index contributed by atoms with van der Waals surface area (Å²) >= 11 is 6.05. The SMILES string of the molecule is CC(=O)NC(CS)C(=O)OC(=O)CSCC(=O)NC1CCSC1=O. The zero-order valence-electron chi connectivity index (χ0n) is 12.9. The Morgan fingerprint density at radius 2 is 2.08 bits per heavy atom. The van der Waals surface area contributed by atoms with Crippen molar-refractivity contribution < 1.29 is 28.7 Å². The van der Waals surface area contributed by atoms with Crippen molar-refractivity contribution in [3.8, 4) is 0 Å². The topological polar surface area (TPSA) is 119 Å². The molecule has 24 heavy (non-hydrogen) atoms. The predicted octanol–water partition coefficient (Wildman–Crippen LogP) is -0.628. The number of nitrogens with one attached hydrogen (secondary N) is 2. The van der Waals surface area contributed by atoms with Crippen molar-refractivity contribution in [2.24, 2.45) is 0 Å². The number of esters is 2. The molecule has 2 atom stereocenters. The fourth-order valence-electron chi connectivity index (χ4n) is 1.73. The maximum Gasteiger partial charge on any atom is 0.337 e. The van der Waals surface area contributed by atoms with Crippen molar-refractivity contribution in [2.45, 2.75) is 25.4 Å². The van der Waals surface area contributed by atoms with Gasteiger partial charge in [-0.25, -0.2) is 4.79 Å².